The molecule has 1 atom stereocenters. The van der Waals surface area contributed by atoms with Gasteiger partial charge in [0.05, 0.1) is 23.7 Å². The Morgan fingerprint density at radius 1 is 1.53 bits per heavy atom. The van der Waals surface area contributed by atoms with Crippen LogP contribution in [0.25, 0.3) is 10.9 Å². The molecule has 0 amide bonds. The van der Waals surface area contributed by atoms with Crippen LogP contribution in [0.1, 0.15) is 13.3 Å². The highest BCUT2D eigenvalue weighted by atomic mass is 79.9. The van der Waals surface area contributed by atoms with E-state index in [0.717, 1.165) is 21.1 Å². The molecule has 1 aromatic carbocycles. The lowest BCUT2D eigenvalue weighted by atomic mass is 10.1. The van der Waals surface area contributed by atoms with Crippen molar-refractivity contribution in [2.24, 2.45) is 0 Å². The van der Waals surface area contributed by atoms with Crippen LogP contribution >= 0.6 is 15.9 Å². The molecule has 0 bridgehead atoms. The minimum absolute atomic E-state index is 0.127. The van der Waals surface area contributed by atoms with E-state index in [1.807, 2.05) is 32.2 Å². The van der Waals surface area contributed by atoms with Crippen LogP contribution < -0.4 is 10.6 Å². The summed E-state index contributed by atoms with van der Waals surface area (Å²) in [4.78, 5) is 6.52. The molecule has 0 spiro atoms. The standard InChI is InChI=1S/C14H15BrN4/c1-9(5-6-16)19(2)13-4-3-12(17)11-7-10(15)8-18-14(11)13/h3-4,7-9H,5,17H2,1-2H3. The van der Waals surface area contributed by atoms with Crippen molar-refractivity contribution in [1.29, 1.82) is 5.26 Å². The van der Waals surface area contributed by atoms with E-state index in [-0.39, 0.29) is 6.04 Å². The molecule has 4 nitrogen and oxygen atoms in total. The Morgan fingerprint density at radius 3 is 2.95 bits per heavy atom. The zero-order chi connectivity index (χ0) is 14.0. The van der Waals surface area contributed by atoms with E-state index in [0.29, 0.717) is 12.1 Å². The summed E-state index contributed by atoms with van der Waals surface area (Å²) < 4.78 is 0.900. The number of hydrogen-bond acceptors (Lipinski definition) is 4. The quantitative estimate of drug-likeness (QED) is 0.881. The van der Waals surface area contributed by atoms with Crippen molar-refractivity contribution in [2.45, 2.75) is 19.4 Å². The van der Waals surface area contributed by atoms with Gasteiger partial charge in [-0.05, 0) is 41.1 Å². The van der Waals surface area contributed by atoms with Gasteiger partial charge in [0.1, 0.15) is 0 Å². The van der Waals surface area contributed by atoms with Gasteiger partial charge < -0.3 is 10.6 Å². The average molecular weight is 319 g/mol. The van der Waals surface area contributed by atoms with E-state index in [2.05, 4.69) is 31.9 Å². The van der Waals surface area contributed by atoms with Crippen LogP contribution in [0, 0.1) is 11.3 Å². The number of halogens is 1. The normalized spacial score (nSPS) is 12.1. The smallest absolute Gasteiger partial charge is 0.0956 e. The first-order valence-corrected chi connectivity index (χ1v) is 6.77. The molecule has 98 valence electrons. The number of anilines is 2. The van der Waals surface area contributed by atoms with Gasteiger partial charge in [0.15, 0.2) is 0 Å². The Balaban J connectivity index is 2.56. The minimum atomic E-state index is 0.127. The Morgan fingerprint density at radius 2 is 2.26 bits per heavy atom. The molecule has 19 heavy (non-hydrogen) atoms. The van der Waals surface area contributed by atoms with E-state index >= 15 is 0 Å². The first kappa shape index (κ1) is 13.6. The van der Waals surface area contributed by atoms with Gasteiger partial charge in [0.25, 0.3) is 0 Å². The zero-order valence-electron chi connectivity index (χ0n) is 10.9. The summed E-state index contributed by atoms with van der Waals surface area (Å²) in [6.45, 7) is 2.02. The molecule has 0 aliphatic rings. The lowest BCUT2D eigenvalue weighted by Gasteiger charge is -2.26. The van der Waals surface area contributed by atoms with Crippen molar-refractivity contribution >= 4 is 38.2 Å². The van der Waals surface area contributed by atoms with Gasteiger partial charge in [-0.1, -0.05) is 0 Å². The number of fused-ring (bicyclic) bond motifs is 1. The molecule has 0 aliphatic carbocycles. The second kappa shape index (κ2) is 5.45. The number of nitrogen functional groups attached to an aromatic ring is 1. The third-order valence-electron chi connectivity index (χ3n) is 3.26. The Bertz CT molecular complexity index is 648. The molecule has 2 aromatic rings. The number of pyridine rings is 1. The largest absolute Gasteiger partial charge is 0.398 e. The Hall–Kier alpha value is -1.80. The van der Waals surface area contributed by atoms with Crippen LogP contribution in [0.5, 0.6) is 0 Å². The van der Waals surface area contributed by atoms with E-state index in [1.165, 1.54) is 0 Å². The van der Waals surface area contributed by atoms with Gasteiger partial charge in [-0.15, -0.1) is 0 Å². The summed E-state index contributed by atoms with van der Waals surface area (Å²) in [5.41, 5.74) is 8.54. The zero-order valence-corrected chi connectivity index (χ0v) is 12.5. The highest BCUT2D eigenvalue weighted by Crippen LogP contribution is 2.31. The molecule has 1 aromatic heterocycles. The summed E-state index contributed by atoms with van der Waals surface area (Å²) in [6.07, 6.45) is 2.23. The fourth-order valence-corrected chi connectivity index (χ4v) is 2.32. The van der Waals surface area contributed by atoms with Crippen LogP contribution in [0.3, 0.4) is 0 Å². The van der Waals surface area contributed by atoms with Crippen LogP contribution in [0.2, 0.25) is 0 Å². The Labute approximate surface area is 121 Å². The van der Waals surface area contributed by atoms with E-state index < -0.39 is 0 Å². The molecule has 2 rings (SSSR count). The first-order valence-electron chi connectivity index (χ1n) is 5.98. The van der Waals surface area contributed by atoms with E-state index in [4.69, 9.17) is 11.0 Å². The fourth-order valence-electron chi connectivity index (χ4n) is 1.99. The molecule has 0 fully saturated rings. The van der Waals surface area contributed by atoms with Gasteiger partial charge in [0.2, 0.25) is 0 Å². The number of nitrogens with zero attached hydrogens (tertiary/aromatic N) is 3. The van der Waals surface area contributed by atoms with Crippen molar-refractivity contribution in [3.8, 4) is 6.07 Å². The highest BCUT2D eigenvalue weighted by molar-refractivity contribution is 9.10. The first-order chi connectivity index (χ1) is 9.04. The highest BCUT2D eigenvalue weighted by Gasteiger charge is 2.14. The summed E-state index contributed by atoms with van der Waals surface area (Å²) >= 11 is 3.41. The number of aromatic nitrogens is 1. The third-order valence-corrected chi connectivity index (χ3v) is 3.69. The molecule has 0 radical (unpaired) electrons. The predicted octanol–water partition coefficient (Wildman–Crippen LogP) is 3.32. The number of nitrogens with two attached hydrogens (primary N) is 1. The van der Waals surface area contributed by atoms with Gasteiger partial charge in [-0.3, -0.25) is 4.98 Å². The van der Waals surface area contributed by atoms with Crippen molar-refractivity contribution in [2.75, 3.05) is 17.7 Å². The average Bonchev–Trinajstić information content (AvgIpc) is 2.39. The maximum Gasteiger partial charge on any atom is 0.0956 e. The Kier molecular flexibility index (Phi) is 3.91. The minimum Gasteiger partial charge on any atom is -0.398 e. The number of nitriles is 1. The second-order valence-electron chi connectivity index (χ2n) is 4.55. The van der Waals surface area contributed by atoms with Crippen LogP contribution in [0.4, 0.5) is 11.4 Å². The number of hydrogen-bond donors (Lipinski definition) is 1. The maximum absolute atomic E-state index is 8.81. The molecule has 0 saturated heterocycles. The summed E-state index contributed by atoms with van der Waals surface area (Å²) in [6, 6.07) is 8.11. The van der Waals surface area contributed by atoms with Gasteiger partial charge in [-0.25, -0.2) is 0 Å². The molecule has 1 heterocycles. The van der Waals surface area contributed by atoms with Crippen LogP contribution in [0.15, 0.2) is 28.9 Å². The predicted molar refractivity (Wildman–Crippen MR) is 82.0 cm³/mol. The molecule has 0 saturated carbocycles. The third kappa shape index (κ3) is 2.64. The molecular weight excluding hydrogens is 304 g/mol. The fraction of sp³-hybridized carbons (Fsp3) is 0.286. The molecular formula is C14H15BrN4. The molecule has 2 N–H and O–H groups in total. The monoisotopic (exact) mass is 318 g/mol. The second-order valence-corrected chi connectivity index (χ2v) is 5.46. The van der Waals surface area contributed by atoms with Crippen molar-refractivity contribution in [3.05, 3.63) is 28.9 Å². The summed E-state index contributed by atoms with van der Waals surface area (Å²) in [5, 5.41) is 9.73. The molecule has 1 unspecified atom stereocenters. The molecule has 5 heteroatoms. The summed E-state index contributed by atoms with van der Waals surface area (Å²) in [5.74, 6) is 0. The SMILES string of the molecule is CC(CC#N)N(C)c1ccc(N)c2cc(Br)cnc12. The van der Waals surface area contributed by atoms with Gasteiger partial charge in [-0.2, -0.15) is 5.26 Å². The number of rotatable bonds is 3. The van der Waals surface area contributed by atoms with Crippen LogP contribution in [-0.2, 0) is 0 Å². The van der Waals surface area contributed by atoms with Gasteiger partial charge >= 0.3 is 0 Å². The van der Waals surface area contributed by atoms with Gasteiger partial charge in [0, 0.05) is 34.8 Å². The van der Waals surface area contributed by atoms with E-state index in [1.54, 1.807) is 6.20 Å². The topological polar surface area (TPSA) is 65.9 Å². The lowest BCUT2D eigenvalue weighted by Crippen LogP contribution is -2.28. The summed E-state index contributed by atoms with van der Waals surface area (Å²) in [7, 11) is 1.97. The van der Waals surface area contributed by atoms with E-state index in [9.17, 15) is 0 Å². The number of benzene rings is 1. The van der Waals surface area contributed by atoms with Crippen LogP contribution in [-0.4, -0.2) is 18.1 Å². The van der Waals surface area contributed by atoms with Crippen molar-refractivity contribution in [3.63, 3.8) is 0 Å². The maximum atomic E-state index is 8.81. The van der Waals surface area contributed by atoms with Crippen molar-refractivity contribution in [1.82, 2.24) is 4.98 Å². The molecule has 0 aliphatic heterocycles. The van der Waals surface area contributed by atoms with Crippen molar-refractivity contribution < 1.29 is 0 Å². The lowest BCUT2D eigenvalue weighted by molar-refractivity contribution is 0.704.